The molecule has 1 atom stereocenters. The zero-order valence-electron chi connectivity index (χ0n) is 14.9. The van der Waals surface area contributed by atoms with Crippen LogP contribution in [0.3, 0.4) is 0 Å². The van der Waals surface area contributed by atoms with Crippen molar-refractivity contribution < 1.29 is 14.2 Å². The summed E-state index contributed by atoms with van der Waals surface area (Å²) in [5.74, 6) is -0.349. The normalized spacial score (nSPS) is 26.4. The molecular formula is C21H30O3. The average Bonchev–Trinajstić information content (AvgIpc) is 2.63. The largest absolute Gasteiger partial charge is 0.374 e. The van der Waals surface area contributed by atoms with E-state index in [2.05, 4.69) is 31.7 Å². The molecule has 132 valence electrons. The summed E-state index contributed by atoms with van der Waals surface area (Å²) in [7, 11) is 0. The van der Waals surface area contributed by atoms with Crippen molar-refractivity contribution in [3.05, 3.63) is 42.0 Å². The number of hydrogen-bond donors (Lipinski definition) is 0. The third-order valence-electron chi connectivity index (χ3n) is 5.41. The maximum Gasteiger partial charge on any atom is 0.169 e. The molecule has 1 saturated heterocycles. The maximum atomic E-state index is 6.57. The Kier molecular flexibility index (Phi) is 5.75. The highest BCUT2D eigenvalue weighted by Crippen LogP contribution is 2.42. The molecule has 1 aromatic carbocycles. The lowest BCUT2D eigenvalue weighted by Crippen LogP contribution is -2.54. The van der Waals surface area contributed by atoms with Gasteiger partial charge in [0.05, 0.1) is 25.4 Å². The van der Waals surface area contributed by atoms with Gasteiger partial charge in [-0.3, -0.25) is 0 Å². The molecule has 1 spiro atoms. The lowest BCUT2D eigenvalue weighted by Gasteiger charge is -2.49. The van der Waals surface area contributed by atoms with Crippen molar-refractivity contribution >= 4 is 6.08 Å². The molecule has 3 rings (SSSR count). The number of ether oxygens (including phenoxy) is 3. The van der Waals surface area contributed by atoms with Crippen LogP contribution < -0.4 is 0 Å². The Morgan fingerprint density at radius 1 is 1.21 bits per heavy atom. The minimum atomic E-state index is -0.349. The van der Waals surface area contributed by atoms with E-state index in [4.69, 9.17) is 14.2 Å². The summed E-state index contributed by atoms with van der Waals surface area (Å²) in [6.45, 7) is 8.05. The zero-order chi connectivity index (χ0) is 16.9. The van der Waals surface area contributed by atoms with Crippen molar-refractivity contribution in [1.82, 2.24) is 0 Å². The second-order valence-electron chi connectivity index (χ2n) is 7.15. The molecule has 1 saturated carbocycles. The first kappa shape index (κ1) is 17.7. The molecule has 0 aromatic heterocycles. The van der Waals surface area contributed by atoms with E-state index in [1.54, 1.807) is 0 Å². The van der Waals surface area contributed by atoms with E-state index in [9.17, 15) is 0 Å². The van der Waals surface area contributed by atoms with Crippen LogP contribution in [0.15, 0.2) is 30.8 Å². The molecule has 2 fully saturated rings. The van der Waals surface area contributed by atoms with E-state index in [1.165, 1.54) is 24.8 Å². The second-order valence-corrected chi connectivity index (χ2v) is 7.15. The van der Waals surface area contributed by atoms with E-state index in [0.29, 0.717) is 13.2 Å². The highest BCUT2D eigenvalue weighted by Gasteiger charge is 2.46. The molecule has 1 aliphatic heterocycles. The van der Waals surface area contributed by atoms with E-state index in [0.717, 1.165) is 37.9 Å². The standard InChI is InChI=1S/C21H30O3/c1-3-18-9-8-10-19(15-18)16-22-17-20(4-2)13-14-23-21(24-20)11-6-5-7-12-21/h3,8-10,15H,1,4-7,11-14,16-17H2,2H3. The van der Waals surface area contributed by atoms with E-state index in [-0.39, 0.29) is 11.4 Å². The van der Waals surface area contributed by atoms with Crippen LogP contribution in [0.25, 0.3) is 6.08 Å². The van der Waals surface area contributed by atoms with Crippen LogP contribution in [0.1, 0.15) is 63.0 Å². The van der Waals surface area contributed by atoms with Gasteiger partial charge in [0, 0.05) is 19.3 Å². The fraction of sp³-hybridized carbons (Fsp3) is 0.619. The van der Waals surface area contributed by atoms with Gasteiger partial charge in [0.25, 0.3) is 0 Å². The molecule has 24 heavy (non-hydrogen) atoms. The second kappa shape index (κ2) is 7.81. The molecule has 3 nitrogen and oxygen atoms in total. The van der Waals surface area contributed by atoms with Crippen molar-refractivity contribution in [2.24, 2.45) is 0 Å². The minimum absolute atomic E-state index is 0.203. The fourth-order valence-corrected chi connectivity index (χ4v) is 3.85. The molecular weight excluding hydrogens is 300 g/mol. The summed E-state index contributed by atoms with van der Waals surface area (Å²) < 4.78 is 18.7. The molecule has 0 bridgehead atoms. The Balaban J connectivity index is 1.59. The fourth-order valence-electron chi connectivity index (χ4n) is 3.85. The van der Waals surface area contributed by atoms with Gasteiger partial charge in [-0.15, -0.1) is 0 Å². The zero-order valence-corrected chi connectivity index (χ0v) is 14.9. The summed E-state index contributed by atoms with van der Waals surface area (Å²) in [5, 5.41) is 0. The monoisotopic (exact) mass is 330 g/mol. The van der Waals surface area contributed by atoms with E-state index < -0.39 is 0 Å². The molecule has 0 radical (unpaired) electrons. The smallest absolute Gasteiger partial charge is 0.169 e. The predicted molar refractivity (Wildman–Crippen MR) is 96.7 cm³/mol. The lowest BCUT2D eigenvalue weighted by molar-refractivity contribution is -0.346. The van der Waals surface area contributed by atoms with Crippen molar-refractivity contribution in [2.75, 3.05) is 13.2 Å². The molecule has 3 heteroatoms. The van der Waals surface area contributed by atoms with Crippen LogP contribution >= 0.6 is 0 Å². The van der Waals surface area contributed by atoms with E-state index in [1.807, 2.05) is 12.1 Å². The molecule has 1 unspecified atom stereocenters. The highest BCUT2D eigenvalue weighted by atomic mass is 16.7. The number of benzene rings is 1. The molecule has 1 heterocycles. The summed E-state index contributed by atoms with van der Waals surface area (Å²) in [5.41, 5.74) is 2.11. The van der Waals surface area contributed by atoms with Gasteiger partial charge in [0.15, 0.2) is 5.79 Å². The van der Waals surface area contributed by atoms with Crippen LogP contribution in [0.4, 0.5) is 0 Å². The first-order valence-electron chi connectivity index (χ1n) is 9.33. The molecule has 0 amide bonds. The molecule has 1 aliphatic carbocycles. The molecule has 0 N–H and O–H groups in total. The third kappa shape index (κ3) is 4.08. The lowest BCUT2D eigenvalue weighted by atomic mass is 9.89. The Labute approximate surface area is 146 Å². The Hall–Kier alpha value is -1.16. The Morgan fingerprint density at radius 3 is 2.79 bits per heavy atom. The summed E-state index contributed by atoms with van der Waals surface area (Å²) in [6, 6.07) is 8.32. The Morgan fingerprint density at radius 2 is 2.04 bits per heavy atom. The van der Waals surface area contributed by atoms with Crippen LogP contribution in [-0.4, -0.2) is 24.6 Å². The topological polar surface area (TPSA) is 27.7 Å². The van der Waals surface area contributed by atoms with Crippen LogP contribution in [0.5, 0.6) is 0 Å². The SMILES string of the molecule is C=Cc1cccc(COCC2(CC)CCOC3(CCCCC3)O2)c1. The van der Waals surface area contributed by atoms with Gasteiger partial charge in [-0.1, -0.05) is 44.2 Å². The van der Waals surface area contributed by atoms with Crippen molar-refractivity contribution in [3.63, 3.8) is 0 Å². The first-order valence-corrected chi connectivity index (χ1v) is 9.33. The van der Waals surface area contributed by atoms with E-state index >= 15 is 0 Å². The number of rotatable bonds is 6. The maximum absolute atomic E-state index is 6.57. The van der Waals surface area contributed by atoms with Crippen LogP contribution in [-0.2, 0) is 20.8 Å². The van der Waals surface area contributed by atoms with Gasteiger partial charge in [0.1, 0.15) is 0 Å². The van der Waals surface area contributed by atoms with Gasteiger partial charge >= 0.3 is 0 Å². The van der Waals surface area contributed by atoms with Crippen LogP contribution in [0.2, 0.25) is 0 Å². The summed E-state index contributed by atoms with van der Waals surface area (Å²) in [4.78, 5) is 0. The Bertz CT molecular complexity index is 542. The molecule has 2 aliphatic rings. The minimum Gasteiger partial charge on any atom is -0.374 e. The summed E-state index contributed by atoms with van der Waals surface area (Å²) >= 11 is 0. The summed E-state index contributed by atoms with van der Waals surface area (Å²) in [6.07, 6.45) is 9.49. The van der Waals surface area contributed by atoms with Gasteiger partial charge in [-0.25, -0.2) is 0 Å². The highest BCUT2D eigenvalue weighted by molar-refractivity contribution is 5.47. The van der Waals surface area contributed by atoms with Gasteiger partial charge < -0.3 is 14.2 Å². The van der Waals surface area contributed by atoms with Crippen molar-refractivity contribution in [3.8, 4) is 0 Å². The predicted octanol–water partition coefficient (Wildman–Crippen LogP) is 5.09. The molecule has 1 aromatic rings. The number of hydrogen-bond acceptors (Lipinski definition) is 3. The van der Waals surface area contributed by atoms with Crippen molar-refractivity contribution in [1.29, 1.82) is 0 Å². The average molecular weight is 330 g/mol. The third-order valence-corrected chi connectivity index (χ3v) is 5.41. The first-order chi connectivity index (χ1) is 11.7. The van der Waals surface area contributed by atoms with Gasteiger partial charge in [-0.2, -0.15) is 0 Å². The van der Waals surface area contributed by atoms with Crippen molar-refractivity contribution in [2.45, 2.75) is 69.9 Å². The quantitative estimate of drug-likeness (QED) is 0.727. The van der Waals surface area contributed by atoms with Crippen LogP contribution in [0, 0.1) is 0 Å². The van der Waals surface area contributed by atoms with Gasteiger partial charge in [0.2, 0.25) is 0 Å². The van der Waals surface area contributed by atoms with Gasteiger partial charge in [-0.05, 0) is 36.5 Å².